The van der Waals surface area contributed by atoms with E-state index in [9.17, 15) is 16.8 Å². The van der Waals surface area contributed by atoms with E-state index in [1.807, 2.05) is 0 Å². The molecule has 0 radical (unpaired) electrons. The maximum Gasteiger partial charge on any atom is 0.250 e. The molecule has 0 aromatic carbocycles. The van der Waals surface area contributed by atoms with E-state index in [-0.39, 0.29) is 23.8 Å². The Morgan fingerprint density at radius 3 is 2.50 bits per heavy atom. The Morgan fingerprint density at radius 2 is 2.05 bits per heavy atom. The second-order valence-corrected chi connectivity index (χ2v) is 9.56. The van der Waals surface area contributed by atoms with Gasteiger partial charge in [-0.15, -0.1) is 17.9 Å². The summed E-state index contributed by atoms with van der Waals surface area (Å²) in [6.45, 7) is 3.60. The Labute approximate surface area is 128 Å². The largest absolute Gasteiger partial charge is 0.250 e. The lowest BCUT2D eigenvalue weighted by atomic mass is 10.5. The fourth-order valence-corrected chi connectivity index (χ4v) is 4.70. The number of rotatable bonds is 8. The molecule has 0 saturated carbocycles. The first-order chi connectivity index (χ1) is 9.16. The normalized spacial score (nSPS) is 12.8. The summed E-state index contributed by atoms with van der Waals surface area (Å²) < 4.78 is 50.6. The Bertz CT molecular complexity index is 666. The molecule has 0 spiro atoms. The van der Waals surface area contributed by atoms with Crippen LogP contribution < -0.4 is 4.72 Å². The van der Waals surface area contributed by atoms with Gasteiger partial charge in [0.1, 0.15) is 4.21 Å². The third kappa shape index (κ3) is 5.15. The first kappa shape index (κ1) is 17.6. The highest BCUT2D eigenvalue weighted by atomic mass is 35.5. The number of hydrogen-bond acceptors (Lipinski definition) is 5. The molecule has 0 aliphatic carbocycles. The van der Waals surface area contributed by atoms with Gasteiger partial charge in [-0.3, -0.25) is 0 Å². The topological polar surface area (TPSA) is 83.6 Å². The molecule has 1 aromatic heterocycles. The Morgan fingerprint density at radius 1 is 1.40 bits per heavy atom. The summed E-state index contributed by atoms with van der Waals surface area (Å²) in [5.41, 5.74) is 0. The van der Waals surface area contributed by atoms with E-state index in [0.29, 0.717) is 4.34 Å². The molecule has 0 unspecified atom stereocenters. The third-order valence-electron chi connectivity index (χ3n) is 2.27. The van der Waals surface area contributed by atoms with Crippen molar-refractivity contribution in [1.82, 2.24) is 9.03 Å². The molecule has 1 heterocycles. The Balaban J connectivity index is 2.65. The van der Waals surface area contributed by atoms with E-state index < -0.39 is 20.0 Å². The molecule has 0 saturated heterocycles. The van der Waals surface area contributed by atoms with E-state index in [4.69, 9.17) is 11.6 Å². The lowest BCUT2D eigenvalue weighted by Gasteiger charge is -2.17. The number of halogens is 1. The van der Waals surface area contributed by atoms with Crippen molar-refractivity contribution in [3.63, 3.8) is 0 Å². The number of nitrogens with zero attached hydrogens (tertiary/aromatic N) is 1. The number of thiophene rings is 1. The molecule has 0 amide bonds. The van der Waals surface area contributed by atoms with Crippen molar-refractivity contribution in [2.45, 2.75) is 4.21 Å². The zero-order valence-electron chi connectivity index (χ0n) is 10.7. The standard InChI is InChI=1S/C10H15ClN2O4S3/c1-3-7-13(19(2,14)15)8-6-12-20(16,17)10-5-4-9(11)18-10/h3-5,12H,1,6-8H2,2H3. The molecule has 10 heteroatoms. The van der Waals surface area contributed by atoms with Crippen LogP contribution in [0, 0.1) is 0 Å². The first-order valence-electron chi connectivity index (χ1n) is 5.48. The maximum absolute atomic E-state index is 11.9. The van der Waals surface area contributed by atoms with Gasteiger partial charge in [0.15, 0.2) is 0 Å². The van der Waals surface area contributed by atoms with Gasteiger partial charge in [0.25, 0.3) is 0 Å². The molecule has 1 N–H and O–H groups in total. The average molecular weight is 359 g/mol. The first-order valence-corrected chi connectivity index (χ1v) is 10.0. The van der Waals surface area contributed by atoms with Crippen LogP contribution in [-0.4, -0.2) is 47.0 Å². The van der Waals surface area contributed by atoms with Crippen LogP contribution in [-0.2, 0) is 20.0 Å². The van der Waals surface area contributed by atoms with Crippen LogP contribution in [0.1, 0.15) is 0 Å². The molecular formula is C10H15ClN2O4S3. The average Bonchev–Trinajstić information content (AvgIpc) is 2.74. The zero-order valence-corrected chi connectivity index (χ0v) is 13.9. The summed E-state index contributed by atoms with van der Waals surface area (Å²) in [5.74, 6) is 0. The molecule has 0 aliphatic heterocycles. The molecule has 0 bridgehead atoms. The molecule has 6 nitrogen and oxygen atoms in total. The van der Waals surface area contributed by atoms with E-state index in [1.165, 1.54) is 18.2 Å². The summed E-state index contributed by atoms with van der Waals surface area (Å²) in [4.78, 5) is 0. The van der Waals surface area contributed by atoms with Gasteiger partial charge in [-0.05, 0) is 12.1 Å². The SMILES string of the molecule is C=CCN(CCNS(=O)(=O)c1ccc(Cl)s1)S(C)(=O)=O. The van der Waals surface area contributed by atoms with Gasteiger partial charge in [0.05, 0.1) is 10.6 Å². The van der Waals surface area contributed by atoms with E-state index in [0.717, 1.165) is 21.9 Å². The predicted molar refractivity (Wildman–Crippen MR) is 81.1 cm³/mol. The summed E-state index contributed by atoms with van der Waals surface area (Å²) >= 11 is 6.62. The van der Waals surface area contributed by atoms with Crippen molar-refractivity contribution >= 4 is 43.0 Å². The number of hydrogen-bond donors (Lipinski definition) is 1. The van der Waals surface area contributed by atoms with Gasteiger partial charge < -0.3 is 0 Å². The third-order valence-corrected chi connectivity index (χ3v) is 6.72. The monoisotopic (exact) mass is 358 g/mol. The molecule has 0 aliphatic rings. The van der Waals surface area contributed by atoms with Crippen molar-refractivity contribution in [3.05, 3.63) is 29.1 Å². The van der Waals surface area contributed by atoms with Crippen molar-refractivity contribution < 1.29 is 16.8 Å². The van der Waals surface area contributed by atoms with Crippen molar-refractivity contribution in [1.29, 1.82) is 0 Å². The van der Waals surface area contributed by atoms with Gasteiger partial charge >= 0.3 is 0 Å². The summed E-state index contributed by atoms with van der Waals surface area (Å²) in [7, 11) is -7.06. The fraction of sp³-hybridized carbons (Fsp3) is 0.400. The van der Waals surface area contributed by atoms with Crippen LogP contribution in [0.15, 0.2) is 29.0 Å². The summed E-state index contributed by atoms with van der Waals surface area (Å²) in [5, 5.41) is 0. The highest BCUT2D eigenvalue weighted by Gasteiger charge is 2.19. The highest BCUT2D eigenvalue weighted by Crippen LogP contribution is 2.25. The van der Waals surface area contributed by atoms with Gasteiger partial charge in [-0.1, -0.05) is 17.7 Å². The van der Waals surface area contributed by atoms with Gasteiger partial charge in [0, 0.05) is 19.6 Å². The van der Waals surface area contributed by atoms with Gasteiger partial charge in [0.2, 0.25) is 20.0 Å². The molecule has 0 atom stereocenters. The maximum atomic E-state index is 11.9. The number of sulfonamides is 2. The lowest BCUT2D eigenvalue weighted by Crippen LogP contribution is -2.37. The van der Waals surface area contributed by atoms with E-state index >= 15 is 0 Å². The molecule has 0 fully saturated rings. The quantitative estimate of drug-likeness (QED) is 0.706. The second-order valence-electron chi connectivity index (χ2n) is 3.87. The highest BCUT2D eigenvalue weighted by molar-refractivity contribution is 7.91. The van der Waals surface area contributed by atoms with Gasteiger partial charge in [-0.2, -0.15) is 4.31 Å². The minimum atomic E-state index is -3.66. The van der Waals surface area contributed by atoms with Crippen LogP contribution >= 0.6 is 22.9 Å². The summed E-state index contributed by atoms with van der Waals surface area (Å²) in [6.07, 6.45) is 2.50. The molecule has 20 heavy (non-hydrogen) atoms. The second kappa shape index (κ2) is 7.01. The molecule has 1 aromatic rings. The van der Waals surface area contributed by atoms with Crippen LogP contribution in [0.5, 0.6) is 0 Å². The van der Waals surface area contributed by atoms with Crippen LogP contribution in [0.3, 0.4) is 0 Å². The van der Waals surface area contributed by atoms with E-state index in [2.05, 4.69) is 11.3 Å². The Hall–Kier alpha value is -0.450. The van der Waals surface area contributed by atoms with Crippen LogP contribution in [0.2, 0.25) is 4.34 Å². The van der Waals surface area contributed by atoms with E-state index in [1.54, 1.807) is 0 Å². The minimum Gasteiger partial charge on any atom is -0.212 e. The van der Waals surface area contributed by atoms with Crippen molar-refractivity contribution in [3.8, 4) is 0 Å². The zero-order chi connectivity index (χ0) is 15.4. The fourth-order valence-electron chi connectivity index (χ4n) is 1.35. The van der Waals surface area contributed by atoms with Crippen LogP contribution in [0.25, 0.3) is 0 Å². The molecule has 1 rings (SSSR count). The van der Waals surface area contributed by atoms with Crippen molar-refractivity contribution in [2.24, 2.45) is 0 Å². The van der Waals surface area contributed by atoms with Crippen LogP contribution in [0.4, 0.5) is 0 Å². The van der Waals surface area contributed by atoms with Crippen molar-refractivity contribution in [2.75, 3.05) is 25.9 Å². The minimum absolute atomic E-state index is 0.0290. The van der Waals surface area contributed by atoms with Gasteiger partial charge in [-0.25, -0.2) is 21.6 Å². The predicted octanol–water partition coefficient (Wildman–Crippen LogP) is 1.13. The Kier molecular flexibility index (Phi) is 6.17. The molecular weight excluding hydrogens is 344 g/mol. The smallest absolute Gasteiger partial charge is 0.212 e. The number of nitrogens with one attached hydrogen (secondary N) is 1. The molecule has 114 valence electrons. The lowest BCUT2D eigenvalue weighted by molar-refractivity contribution is 0.448. The summed E-state index contributed by atoms with van der Waals surface area (Å²) in [6, 6.07) is 2.88.